The van der Waals surface area contributed by atoms with Crippen molar-refractivity contribution in [2.24, 2.45) is 0 Å². The summed E-state index contributed by atoms with van der Waals surface area (Å²) < 4.78 is 34.7. The average Bonchev–Trinajstić information content (AvgIpc) is 2.51. The fourth-order valence-electron chi connectivity index (χ4n) is 2.96. The summed E-state index contributed by atoms with van der Waals surface area (Å²) >= 11 is 1.07. The van der Waals surface area contributed by atoms with Gasteiger partial charge in [0, 0.05) is 36.9 Å². The first-order valence-electron chi connectivity index (χ1n) is 7.95. The van der Waals surface area contributed by atoms with Crippen LogP contribution >= 0.6 is 12.0 Å². The second-order valence-electron chi connectivity index (χ2n) is 5.86. The van der Waals surface area contributed by atoms with Gasteiger partial charge in [-0.15, -0.1) is 9.32 Å². The van der Waals surface area contributed by atoms with Crippen molar-refractivity contribution in [3.8, 4) is 0 Å². The van der Waals surface area contributed by atoms with Gasteiger partial charge in [-0.25, -0.2) is 0 Å². The maximum absolute atomic E-state index is 10.5. The Morgan fingerprint density at radius 1 is 1.09 bits per heavy atom. The van der Waals surface area contributed by atoms with Crippen molar-refractivity contribution >= 4 is 22.2 Å². The van der Waals surface area contributed by atoms with Crippen molar-refractivity contribution in [1.29, 1.82) is 0 Å². The van der Waals surface area contributed by atoms with Crippen LogP contribution in [0.1, 0.15) is 38.5 Å². The van der Waals surface area contributed by atoms with E-state index >= 15 is 0 Å². The standard InChI is InChI=1S/C13H26N2O5S2/c16-22(17,18)12-4-11-21-20-19-15-9-5-13(6-10-15)14-7-2-1-3-8-14/h13H,1-12H2,(H,16,17,18). The molecule has 2 saturated heterocycles. The first kappa shape index (κ1) is 18.4. The Balaban J connectivity index is 1.50. The van der Waals surface area contributed by atoms with Crippen LogP contribution in [-0.4, -0.2) is 66.7 Å². The van der Waals surface area contributed by atoms with Crippen LogP contribution < -0.4 is 0 Å². The lowest BCUT2D eigenvalue weighted by atomic mass is 10.0. The quantitative estimate of drug-likeness (QED) is 0.232. The van der Waals surface area contributed by atoms with Crippen LogP contribution in [0.3, 0.4) is 0 Å². The van der Waals surface area contributed by atoms with Gasteiger partial charge in [-0.05, 0) is 45.2 Å². The molecular formula is C13H26N2O5S2. The Labute approximate surface area is 137 Å². The molecule has 0 unspecified atom stereocenters. The lowest BCUT2D eigenvalue weighted by molar-refractivity contribution is -0.365. The van der Waals surface area contributed by atoms with E-state index in [4.69, 9.17) is 13.9 Å². The number of hydrogen-bond donors (Lipinski definition) is 1. The number of likely N-dealkylation sites (tertiary alicyclic amines) is 1. The van der Waals surface area contributed by atoms with Crippen molar-refractivity contribution in [3.63, 3.8) is 0 Å². The molecule has 2 aliphatic heterocycles. The molecule has 0 aromatic heterocycles. The molecule has 9 heteroatoms. The van der Waals surface area contributed by atoms with Crippen molar-refractivity contribution in [2.75, 3.05) is 37.7 Å². The van der Waals surface area contributed by atoms with Crippen LogP contribution in [-0.2, 0) is 19.4 Å². The number of hydrogen-bond acceptors (Lipinski definition) is 7. The topological polar surface area (TPSA) is 79.3 Å². The summed E-state index contributed by atoms with van der Waals surface area (Å²) in [4.78, 5) is 7.82. The van der Waals surface area contributed by atoms with E-state index in [-0.39, 0.29) is 5.75 Å². The van der Waals surface area contributed by atoms with E-state index in [0.717, 1.165) is 38.0 Å². The molecule has 2 rings (SSSR count). The summed E-state index contributed by atoms with van der Waals surface area (Å²) in [5, 5.41) is 1.82. The van der Waals surface area contributed by atoms with Gasteiger partial charge in [0.15, 0.2) is 0 Å². The van der Waals surface area contributed by atoms with Crippen LogP contribution in [0, 0.1) is 0 Å². The van der Waals surface area contributed by atoms with Crippen molar-refractivity contribution in [2.45, 2.75) is 44.6 Å². The van der Waals surface area contributed by atoms with Gasteiger partial charge >= 0.3 is 0 Å². The normalized spacial score (nSPS) is 23.0. The minimum absolute atomic E-state index is 0.245. The molecule has 0 saturated carbocycles. The third-order valence-corrected chi connectivity index (χ3v) is 5.56. The van der Waals surface area contributed by atoms with E-state index in [1.165, 1.54) is 32.4 Å². The van der Waals surface area contributed by atoms with Crippen LogP contribution in [0.2, 0.25) is 0 Å². The molecule has 22 heavy (non-hydrogen) atoms. The summed E-state index contributed by atoms with van der Waals surface area (Å²) in [6.45, 7) is 4.16. The molecule has 1 N–H and O–H groups in total. The molecule has 0 aromatic carbocycles. The molecule has 2 heterocycles. The maximum Gasteiger partial charge on any atom is 0.264 e. The molecule has 0 bridgehead atoms. The van der Waals surface area contributed by atoms with Crippen LogP contribution in [0.25, 0.3) is 0 Å². The Morgan fingerprint density at radius 3 is 2.41 bits per heavy atom. The minimum Gasteiger partial charge on any atom is -0.300 e. The highest BCUT2D eigenvalue weighted by Gasteiger charge is 2.26. The van der Waals surface area contributed by atoms with Gasteiger partial charge in [0.1, 0.15) is 0 Å². The SMILES string of the molecule is O=S(=O)(O)CCCSOON1CCC(N2CCCCC2)CC1. The lowest BCUT2D eigenvalue weighted by Gasteiger charge is -2.39. The molecule has 0 aromatic rings. The maximum atomic E-state index is 10.5. The molecule has 2 aliphatic rings. The zero-order valence-corrected chi connectivity index (χ0v) is 14.5. The van der Waals surface area contributed by atoms with Crippen LogP contribution in [0.4, 0.5) is 0 Å². The molecule has 0 atom stereocenters. The number of hydroxylamine groups is 2. The zero-order chi connectivity index (χ0) is 15.8. The summed E-state index contributed by atoms with van der Waals surface area (Å²) in [5.41, 5.74) is 0. The van der Waals surface area contributed by atoms with Gasteiger partial charge in [0.05, 0.1) is 5.75 Å². The molecule has 2 fully saturated rings. The highest BCUT2D eigenvalue weighted by Crippen LogP contribution is 2.21. The van der Waals surface area contributed by atoms with Crippen molar-refractivity contribution in [3.05, 3.63) is 0 Å². The van der Waals surface area contributed by atoms with E-state index in [1.54, 1.807) is 0 Å². The van der Waals surface area contributed by atoms with Crippen molar-refractivity contribution in [1.82, 2.24) is 9.96 Å². The Morgan fingerprint density at radius 2 is 1.77 bits per heavy atom. The number of nitrogens with zero attached hydrogens (tertiary/aromatic N) is 2. The van der Waals surface area contributed by atoms with Gasteiger partial charge in [0.25, 0.3) is 10.1 Å². The van der Waals surface area contributed by atoms with Crippen LogP contribution in [0.5, 0.6) is 0 Å². The average molecular weight is 354 g/mol. The first-order valence-corrected chi connectivity index (χ1v) is 10.5. The summed E-state index contributed by atoms with van der Waals surface area (Å²) in [7, 11) is -3.87. The molecule has 7 nitrogen and oxygen atoms in total. The molecule has 0 spiro atoms. The van der Waals surface area contributed by atoms with Gasteiger partial charge < -0.3 is 4.90 Å². The summed E-state index contributed by atoms with van der Waals surface area (Å²) in [6.07, 6.45) is 6.53. The van der Waals surface area contributed by atoms with E-state index < -0.39 is 10.1 Å². The number of rotatable bonds is 8. The van der Waals surface area contributed by atoms with Gasteiger partial charge in [-0.2, -0.15) is 13.5 Å². The second kappa shape index (κ2) is 9.41. The fourth-order valence-corrected chi connectivity index (χ4v) is 4.12. The Hall–Kier alpha value is 0.1000. The summed E-state index contributed by atoms with van der Waals surface area (Å²) in [6, 6.07) is 0.669. The van der Waals surface area contributed by atoms with E-state index in [1.807, 2.05) is 5.06 Å². The Bertz CT molecular complexity index is 407. The van der Waals surface area contributed by atoms with Crippen LogP contribution in [0.15, 0.2) is 0 Å². The highest BCUT2D eigenvalue weighted by molar-refractivity contribution is 7.94. The van der Waals surface area contributed by atoms with E-state index in [0.29, 0.717) is 18.2 Å². The Kier molecular flexibility index (Phi) is 7.89. The molecule has 130 valence electrons. The van der Waals surface area contributed by atoms with Gasteiger partial charge in [-0.3, -0.25) is 4.55 Å². The second-order valence-corrected chi connectivity index (χ2v) is 8.21. The summed E-state index contributed by atoms with van der Waals surface area (Å²) in [5.74, 6) is 0.217. The third-order valence-electron chi connectivity index (χ3n) is 4.14. The number of piperidine rings is 2. The largest absolute Gasteiger partial charge is 0.300 e. The predicted octanol–water partition coefficient (Wildman–Crippen LogP) is 1.73. The molecule has 0 aliphatic carbocycles. The van der Waals surface area contributed by atoms with Gasteiger partial charge in [-0.1, -0.05) is 6.42 Å². The van der Waals surface area contributed by atoms with E-state index in [9.17, 15) is 8.42 Å². The minimum atomic E-state index is -3.87. The van der Waals surface area contributed by atoms with Gasteiger partial charge in [0.2, 0.25) is 0 Å². The zero-order valence-electron chi connectivity index (χ0n) is 12.9. The molecule has 0 amide bonds. The predicted molar refractivity (Wildman–Crippen MR) is 85.7 cm³/mol. The monoisotopic (exact) mass is 354 g/mol. The smallest absolute Gasteiger partial charge is 0.264 e. The fraction of sp³-hybridized carbons (Fsp3) is 1.00. The highest BCUT2D eigenvalue weighted by atomic mass is 32.2. The lowest BCUT2D eigenvalue weighted by Crippen LogP contribution is -2.46. The molecule has 0 radical (unpaired) electrons. The molecular weight excluding hydrogens is 328 g/mol. The van der Waals surface area contributed by atoms with E-state index in [2.05, 4.69) is 4.90 Å². The third kappa shape index (κ3) is 7.12. The van der Waals surface area contributed by atoms with Crippen molar-refractivity contribution < 1.29 is 22.3 Å². The first-order chi connectivity index (χ1) is 10.5.